The lowest BCUT2D eigenvalue weighted by atomic mass is 9.92. The molecule has 1 atom stereocenters. The van der Waals surface area contributed by atoms with E-state index in [2.05, 4.69) is 5.16 Å². The van der Waals surface area contributed by atoms with Crippen molar-refractivity contribution in [1.29, 1.82) is 0 Å². The third-order valence-electron chi connectivity index (χ3n) is 4.31. The van der Waals surface area contributed by atoms with Crippen LogP contribution in [0.5, 0.6) is 0 Å². The van der Waals surface area contributed by atoms with Crippen molar-refractivity contribution in [2.45, 2.75) is 18.4 Å². The Morgan fingerprint density at radius 1 is 1.00 bits per heavy atom. The fourth-order valence-electron chi connectivity index (χ4n) is 3.08. The molecule has 1 fully saturated rings. The molecule has 2 aliphatic rings. The number of hydrogen-bond acceptors (Lipinski definition) is 4. The zero-order valence-electron chi connectivity index (χ0n) is 12.9. The lowest BCUT2D eigenvalue weighted by molar-refractivity contribution is -0.136. The molecule has 2 amide bonds. The van der Waals surface area contributed by atoms with Gasteiger partial charge in [0.05, 0.1) is 17.8 Å². The number of carbonyl (C=O) groups excluding carboxylic acids is 2. The summed E-state index contributed by atoms with van der Waals surface area (Å²) in [4.78, 5) is 32.0. The van der Waals surface area contributed by atoms with E-state index in [0.29, 0.717) is 21.4 Å². The SMILES string of the molecule is O=C1C[C@@]2(CC(c3ccc(Cl)cc3)=NO2)C(=O)N1c1cccc(Cl)c1. The summed E-state index contributed by atoms with van der Waals surface area (Å²) in [6.45, 7) is 0. The Bertz CT molecular complexity index is 911. The Morgan fingerprint density at radius 2 is 1.76 bits per heavy atom. The van der Waals surface area contributed by atoms with Gasteiger partial charge in [-0.05, 0) is 35.9 Å². The van der Waals surface area contributed by atoms with Crippen molar-refractivity contribution in [3.8, 4) is 0 Å². The maximum atomic E-state index is 12.9. The number of halogens is 2. The third-order valence-corrected chi connectivity index (χ3v) is 4.79. The van der Waals surface area contributed by atoms with Crippen LogP contribution in [0.15, 0.2) is 53.7 Å². The first-order valence-electron chi connectivity index (χ1n) is 7.62. The number of imide groups is 1. The lowest BCUT2D eigenvalue weighted by Gasteiger charge is -2.19. The monoisotopic (exact) mass is 374 g/mol. The quantitative estimate of drug-likeness (QED) is 0.750. The van der Waals surface area contributed by atoms with E-state index in [9.17, 15) is 9.59 Å². The number of hydrogen-bond donors (Lipinski definition) is 0. The number of carbonyl (C=O) groups is 2. The van der Waals surface area contributed by atoms with Crippen molar-refractivity contribution < 1.29 is 14.4 Å². The highest BCUT2D eigenvalue weighted by molar-refractivity contribution is 6.32. The van der Waals surface area contributed by atoms with Crippen molar-refractivity contribution >= 4 is 46.4 Å². The fraction of sp³-hybridized carbons (Fsp3) is 0.167. The Balaban J connectivity index is 1.61. The second-order valence-corrected chi connectivity index (χ2v) is 6.87. The van der Waals surface area contributed by atoms with Crippen molar-refractivity contribution in [3.05, 3.63) is 64.1 Å². The molecule has 5 nitrogen and oxygen atoms in total. The number of benzene rings is 2. The first-order valence-corrected chi connectivity index (χ1v) is 8.38. The van der Waals surface area contributed by atoms with E-state index in [-0.39, 0.29) is 18.7 Å². The second-order valence-electron chi connectivity index (χ2n) is 6.00. The standard InChI is InChI=1S/C18H12Cl2N2O3/c19-12-6-4-11(5-7-12)15-9-18(25-21-15)10-16(23)22(17(18)24)14-3-1-2-13(20)8-14/h1-8H,9-10H2/t18-/m0/s1. The van der Waals surface area contributed by atoms with Crippen LogP contribution in [0, 0.1) is 0 Å². The van der Waals surface area contributed by atoms with Crippen LogP contribution in [0.3, 0.4) is 0 Å². The van der Waals surface area contributed by atoms with Gasteiger partial charge in [0.1, 0.15) is 0 Å². The summed E-state index contributed by atoms with van der Waals surface area (Å²) in [5.41, 5.74) is 0.574. The molecule has 25 heavy (non-hydrogen) atoms. The predicted molar refractivity (Wildman–Crippen MR) is 95.0 cm³/mol. The van der Waals surface area contributed by atoms with Crippen LogP contribution in [0.25, 0.3) is 0 Å². The Kier molecular flexibility index (Phi) is 3.78. The van der Waals surface area contributed by atoms with Gasteiger partial charge in [-0.2, -0.15) is 0 Å². The molecular weight excluding hydrogens is 363 g/mol. The van der Waals surface area contributed by atoms with E-state index in [1.165, 1.54) is 0 Å². The highest BCUT2D eigenvalue weighted by Crippen LogP contribution is 2.39. The molecule has 0 aliphatic carbocycles. The van der Waals surface area contributed by atoms with Gasteiger partial charge < -0.3 is 4.84 Å². The van der Waals surface area contributed by atoms with Gasteiger partial charge in [-0.15, -0.1) is 0 Å². The molecule has 2 aromatic rings. The van der Waals surface area contributed by atoms with Gasteiger partial charge in [0, 0.05) is 16.5 Å². The molecule has 4 rings (SSSR count). The fourth-order valence-corrected chi connectivity index (χ4v) is 3.39. The summed E-state index contributed by atoms with van der Waals surface area (Å²) < 4.78 is 0. The molecule has 1 spiro atoms. The summed E-state index contributed by atoms with van der Waals surface area (Å²) in [5.74, 6) is -0.757. The third kappa shape index (κ3) is 2.69. The summed E-state index contributed by atoms with van der Waals surface area (Å²) in [7, 11) is 0. The molecule has 0 saturated carbocycles. The minimum absolute atomic E-state index is 0.0566. The average molecular weight is 375 g/mol. The molecule has 2 heterocycles. The van der Waals surface area contributed by atoms with Crippen LogP contribution in [-0.4, -0.2) is 23.1 Å². The molecule has 2 aliphatic heterocycles. The summed E-state index contributed by atoms with van der Waals surface area (Å²) in [6.07, 6.45) is 0.176. The minimum Gasteiger partial charge on any atom is -0.378 e. The van der Waals surface area contributed by atoms with Crippen molar-refractivity contribution in [1.82, 2.24) is 0 Å². The van der Waals surface area contributed by atoms with Crippen LogP contribution in [0.2, 0.25) is 10.0 Å². The normalized spacial score (nSPS) is 22.5. The molecule has 0 radical (unpaired) electrons. The largest absolute Gasteiger partial charge is 0.378 e. The Labute approximate surface area is 153 Å². The summed E-state index contributed by atoms with van der Waals surface area (Å²) >= 11 is 11.9. The molecule has 126 valence electrons. The van der Waals surface area contributed by atoms with Crippen molar-refractivity contribution in [3.63, 3.8) is 0 Å². The Hall–Kier alpha value is -2.37. The number of rotatable bonds is 2. The number of amides is 2. The highest BCUT2D eigenvalue weighted by atomic mass is 35.5. The zero-order valence-corrected chi connectivity index (χ0v) is 14.4. The molecule has 0 N–H and O–H groups in total. The van der Waals surface area contributed by atoms with E-state index in [4.69, 9.17) is 28.0 Å². The molecule has 1 saturated heterocycles. The van der Waals surface area contributed by atoms with Crippen molar-refractivity contribution in [2.24, 2.45) is 5.16 Å². The minimum atomic E-state index is -1.28. The van der Waals surface area contributed by atoms with E-state index in [0.717, 1.165) is 10.5 Å². The zero-order chi connectivity index (χ0) is 17.6. The summed E-state index contributed by atoms with van der Waals surface area (Å²) in [6, 6.07) is 13.7. The molecule has 0 aromatic heterocycles. The van der Waals surface area contributed by atoms with Gasteiger partial charge in [0.15, 0.2) is 0 Å². The average Bonchev–Trinajstić information content (AvgIpc) is 3.10. The summed E-state index contributed by atoms with van der Waals surface area (Å²) in [5, 5.41) is 5.11. The number of anilines is 1. The Morgan fingerprint density at radius 3 is 2.48 bits per heavy atom. The van der Waals surface area contributed by atoms with Gasteiger partial charge >= 0.3 is 0 Å². The van der Waals surface area contributed by atoms with E-state index >= 15 is 0 Å². The molecule has 0 unspecified atom stereocenters. The highest BCUT2D eigenvalue weighted by Gasteiger charge is 2.58. The topological polar surface area (TPSA) is 59.0 Å². The molecular formula is C18H12Cl2N2O3. The van der Waals surface area contributed by atoms with Gasteiger partial charge in [-0.1, -0.05) is 46.6 Å². The second kappa shape index (κ2) is 5.86. The van der Waals surface area contributed by atoms with Gasteiger partial charge in [0.25, 0.3) is 5.91 Å². The number of oxime groups is 1. The van der Waals surface area contributed by atoms with Crippen LogP contribution >= 0.6 is 23.2 Å². The smallest absolute Gasteiger partial charge is 0.281 e. The van der Waals surface area contributed by atoms with Gasteiger partial charge in [-0.25, -0.2) is 4.90 Å². The van der Waals surface area contributed by atoms with Gasteiger partial charge in [-0.3, -0.25) is 9.59 Å². The van der Waals surface area contributed by atoms with Crippen molar-refractivity contribution in [2.75, 3.05) is 4.90 Å². The first-order chi connectivity index (χ1) is 12.0. The maximum absolute atomic E-state index is 12.9. The molecule has 2 aromatic carbocycles. The van der Waals surface area contributed by atoms with E-state index in [1.807, 2.05) is 0 Å². The van der Waals surface area contributed by atoms with E-state index in [1.54, 1.807) is 48.5 Å². The first kappa shape index (κ1) is 16.1. The maximum Gasteiger partial charge on any atom is 0.281 e. The van der Waals surface area contributed by atoms with Crippen LogP contribution in [-0.2, 0) is 14.4 Å². The van der Waals surface area contributed by atoms with E-state index < -0.39 is 11.5 Å². The number of nitrogens with zero attached hydrogens (tertiary/aromatic N) is 2. The van der Waals surface area contributed by atoms with Crippen LogP contribution < -0.4 is 4.90 Å². The predicted octanol–water partition coefficient (Wildman–Crippen LogP) is 3.82. The van der Waals surface area contributed by atoms with Crippen LogP contribution in [0.4, 0.5) is 5.69 Å². The van der Waals surface area contributed by atoms with Gasteiger partial charge in [0.2, 0.25) is 11.5 Å². The molecule has 7 heteroatoms. The van der Waals surface area contributed by atoms with Crippen LogP contribution in [0.1, 0.15) is 18.4 Å². The molecule has 0 bridgehead atoms. The lowest BCUT2D eigenvalue weighted by Crippen LogP contribution is -2.40.